The molecule has 24 heavy (non-hydrogen) atoms. The minimum atomic E-state index is -0.806. The summed E-state index contributed by atoms with van der Waals surface area (Å²) in [6, 6.07) is 7.19. The summed E-state index contributed by atoms with van der Waals surface area (Å²) in [6.45, 7) is 3.87. The summed E-state index contributed by atoms with van der Waals surface area (Å²) in [4.78, 5) is 14.4. The van der Waals surface area contributed by atoms with Crippen molar-refractivity contribution in [2.45, 2.75) is 44.0 Å². The summed E-state index contributed by atoms with van der Waals surface area (Å²) >= 11 is 0. The molecule has 132 valence electrons. The van der Waals surface area contributed by atoms with Crippen LogP contribution in [0.2, 0.25) is 0 Å². The number of ether oxygens (including phenoxy) is 2. The first-order valence-corrected chi connectivity index (χ1v) is 8.55. The van der Waals surface area contributed by atoms with E-state index in [4.69, 9.17) is 9.47 Å². The van der Waals surface area contributed by atoms with E-state index >= 15 is 0 Å². The molecule has 2 aliphatic rings. The van der Waals surface area contributed by atoms with E-state index in [1.165, 1.54) is 0 Å². The van der Waals surface area contributed by atoms with Crippen LogP contribution in [0.5, 0.6) is 5.75 Å². The van der Waals surface area contributed by atoms with E-state index in [2.05, 4.69) is 0 Å². The van der Waals surface area contributed by atoms with Crippen LogP contribution in [0.3, 0.4) is 0 Å². The topological polar surface area (TPSA) is 79.2 Å². The minimum Gasteiger partial charge on any atom is -0.494 e. The minimum absolute atomic E-state index is 0.00397. The van der Waals surface area contributed by atoms with Gasteiger partial charge >= 0.3 is 0 Å². The van der Waals surface area contributed by atoms with Crippen LogP contribution in [0.4, 0.5) is 0 Å². The van der Waals surface area contributed by atoms with Gasteiger partial charge in [0, 0.05) is 25.1 Å². The Hall–Kier alpha value is -1.63. The molecule has 2 atom stereocenters. The second-order valence-electron chi connectivity index (χ2n) is 6.58. The Bertz CT molecular complexity index is 565. The predicted octanol–water partition coefficient (Wildman–Crippen LogP) is 1.20. The highest BCUT2D eigenvalue weighted by molar-refractivity contribution is 5.94. The van der Waals surface area contributed by atoms with E-state index in [-0.39, 0.29) is 12.5 Å². The summed E-state index contributed by atoms with van der Waals surface area (Å²) in [6.07, 6.45) is 0.240. The average molecular weight is 335 g/mol. The molecular weight excluding hydrogens is 310 g/mol. The standard InChI is InChI=1S/C18H25NO5/c1-2-23-14-5-3-13(4-6-14)17(22)19-9-7-18(8-10-19)11-15(20)16(21)12-24-18/h3-6,15-16,20-21H,2,7-12H2,1H3/t15-,16+/m1/s1. The SMILES string of the molecule is CCOc1ccc(C(=O)N2CCC3(CC2)C[C@@H](O)[C@@H](O)CO3)cc1. The molecule has 0 aromatic heterocycles. The number of carbonyl (C=O) groups is 1. The number of carbonyl (C=O) groups excluding carboxylic acids is 1. The van der Waals surface area contributed by atoms with Crippen molar-refractivity contribution in [3.63, 3.8) is 0 Å². The number of hydrogen-bond donors (Lipinski definition) is 2. The third-order valence-electron chi connectivity index (χ3n) is 4.96. The van der Waals surface area contributed by atoms with Gasteiger partial charge in [-0.3, -0.25) is 4.79 Å². The highest BCUT2D eigenvalue weighted by Crippen LogP contribution is 2.35. The number of aliphatic hydroxyl groups excluding tert-OH is 2. The molecule has 2 aliphatic heterocycles. The van der Waals surface area contributed by atoms with E-state index in [0.29, 0.717) is 44.5 Å². The van der Waals surface area contributed by atoms with Crippen LogP contribution in [-0.2, 0) is 4.74 Å². The van der Waals surface area contributed by atoms with Gasteiger partial charge in [0.2, 0.25) is 0 Å². The van der Waals surface area contributed by atoms with Crippen molar-refractivity contribution in [2.75, 3.05) is 26.3 Å². The Morgan fingerprint density at radius 3 is 2.50 bits per heavy atom. The number of piperidine rings is 1. The molecule has 0 saturated carbocycles. The van der Waals surface area contributed by atoms with Gasteiger partial charge in [-0.2, -0.15) is 0 Å². The van der Waals surface area contributed by atoms with Crippen LogP contribution >= 0.6 is 0 Å². The first-order valence-electron chi connectivity index (χ1n) is 8.55. The molecule has 0 unspecified atom stereocenters. The van der Waals surface area contributed by atoms with Gasteiger partial charge in [0.15, 0.2) is 0 Å². The monoisotopic (exact) mass is 335 g/mol. The summed E-state index contributed by atoms with van der Waals surface area (Å²) in [5.41, 5.74) is 0.239. The van der Waals surface area contributed by atoms with Crippen LogP contribution in [0.25, 0.3) is 0 Å². The second kappa shape index (κ2) is 7.09. The smallest absolute Gasteiger partial charge is 0.253 e. The number of benzene rings is 1. The average Bonchev–Trinajstić information content (AvgIpc) is 2.60. The van der Waals surface area contributed by atoms with Gasteiger partial charge in [0.05, 0.1) is 24.9 Å². The largest absolute Gasteiger partial charge is 0.494 e. The summed E-state index contributed by atoms with van der Waals surface area (Å²) in [5.74, 6) is 0.763. The summed E-state index contributed by atoms with van der Waals surface area (Å²) < 4.78 is 11.2. The predicted molar refractivity (Wildman–Crippen MR) is 88.1 cm³/mol. The molecule has 0 radical (unpaired) electrons. The number of aliphatic hydroxyl groups is 2. The van der Waals surface area contributed by atoms with Gasteiger partial charge in [-0.15, -0.1) is 0 Å². The van der Waals surface area contributed by atoms with E-state index < -0.39 is 17.8 Å². The number of likely N-dealkylation sites (tertiary alicyclic amines) is 1. The third kappa shape index (κ3) is 3.55. The van der Waals surface area contributed by atoms with E-state index in [0.717, 1.165) is 5.75 Å². The maximum absolute atomic E-state index is 12.6. The second-order valence-corrected chi connectivity index (χ2v) is 6.58. The van der Waals surface area contributed by atoms with Crippen molar-refractivity contribution < 1.29 is 24.5 Å². The zero-order chi connectivity index (χ0) is 17.2. The molecule has 2 saturated heterocycles. The number of rotatable bonds is 3. The van der Waals surface area contributed by atoms with Crippen LogP contribution in [-0.4, -0.2) is 65.1 Å². The van der Waals surface area contributed by atoms with E-state index in [9.17, 15) is 15.0 Å². The molecule has 2 fully saturated rings. The Balaban J connectivity index is 1.59. The summed E-state index contributed by atoms with van der Waals surface area (Å²) in [7, 11) is 0. The zero-order valence-electron chi connectivity index (χ0n) is 14.0. The lowest BCUT2D eigenvalue weighted by Crippen LogP contribution is -2.55. The van der Waals surface area contributed by atoms with E-state index in [1.54, 1.807) is 12.1 Å². The number of hydrogen-bond acceptors (Lipinski definition) is 5. The van der Waals surface area contributed by atoms with Crippen molar-refractivity contribution in [1.82, 2.24) is 4.90 Å². The molecule has 3 rings (SSSR count). The molecule has 1 amide bonds. The Labute approximate surface area is 142 Å². The van der Waals surface area contributed by atoms with Crippen molar-refractivity contribution in [2.24, 2.45) is 0 Å². The van der Waals surface area contributed by atoms with Gasteiger partial charge in [-0.25, -0.2) is 0 Å². The first-order chi connectivity index (χ1) is 11.5. The highest BCUT2D eigenvalue weighted by Gasteiger charge is 2.43. The molecule has 1 aromatic rings. The van der Waals surface area contributed by atoms with Crippen molar-refractivity contribution in [3.8, 4) is 5.75 Å². The molecule has 6 heteroatoms. The zero-order valence-corrected chi connectivity index (χ0v) is 14.0. The van der Waals surface area contributed by atoms with Gasteiger partial charge in [-0.05, 0) is 44.0 Å². The number of nitrogens with zero attached hydrogens (tertiary/aromatic N) is 1. The molecule has 1 aromatic carbocycles. The molecular formula is C18H25NO5. The molecule has 6 nitrogen and oxygen atoms in total. The van der Waals surface area contributed by atoms with Crippen LogP contribution in [0.15, 0.2) is 24.3 Å². The maximum atomic E-state index is 12.6. The quantitative estimate of drug-likeness (QED) is 0.868. The molecule has 0 aliphatic carbocycles. The molecule has 1 spiro atoms. The van der Waals surface area contributed by atoms with Crippen molar-refractivity contribution in [1.29, 1.82) is 0 Å². The van der Waals surface area contributed by atoms with Gasteiger partial charge in [0.1, 0.15) is 11.9 Å². The lowest BCUT2D eigenvalue weighted by atomic mass is 9.82. The fourth-order valence-corrected chi connectivity index (χ4v) is 3.46. The molecule has 2 N–H and O–H groups in total. The third-order valence-corrected chi connectivity index (χ3v) is 4.96. The Morgan fingerprint density at radius 2 is 1.92 bits per heavy atom. The van der Waals surface area contributed by atoms with Gasteiger partial charge in [-0.1, -0.05) is 0 Å². The van der Waals surface area contributed by atoms with Crippen molar-refractivity contribution in [3.05, 3.63) is 29.8 Å². The van der Waals surface area contributed by atoms with Crippen LogP contribution in [0, 0.1) is 0 Å². The normalized spacial score (nSPS) is 26.4. The Morgan fingerprint density at radius 1 is 1.25 bits per heavy atom. The van der Waals surface area contributed by atoms with Gasteiger partial charge < -0.3 is 24.6 Å². The van der Waals surface area contributed by atoms with Gasteiger partial charge in [0.25, 0.3) is 5.91 Å². The lowest BCUT2D eigenvalue weighted by Gasteiger charge is -2.46. The van der Waals surface area contributed by atoms with E-state index in [1.807, 2.05) is 24.0 Å². The number of amides is 1. The first kappa shape index (κ1) is 17.2. The summed E-state index contributed by atoms with van der Waals surface area (Å²) in [5, 5.41) is 19.5. The van der Waals surface area contributed by atoms with Crippen molar-refractivity contribution >= 4 is 5.91 Å². The fraction of sp³-hybridized carbons (Fsp3) is 0.611. The maximum Gasteiger partial charge on any atom is 0.253 e. The molecule has 0 bridgehead atoms. The van der Waals surface area contributed by atoms with Crippen LogP contribution < -0.4 is 4.74 Å². The Kier molecular flexibility index (Phi) is 5.08. The van der Waals surface area contributed by atoms with Crippen LogP contribution in [0.1, 0.15) is 36.5 Å². The lowest BCUT2D eigenvalue weighted by molar-refractivity contribution is -0.185. The fourth-order valence-electron chi connectivity index (χ4n) is 3.46. The highest BCUT2D eigenvalue weighted by atomic mass is 16.5. The molecule has 2 heterocycles.